The number of carbonyl (C=O) groups is 1. The van der Waals surface area contributed by atoms with Crippen LogP contribution < -0.4 is 4.74 Å². The van der Waals surface area contributed by atoms with Gasteiger partial charge in [-0.3, -0.25) is 9.69 Å². The zero-order valence-electron chi connectivity index (χ0n) is 14.2. The van der Waals surface area contributed by atoms with Crippen LogP contribution in [0.3, 0.4) is 0 Å². The van der Waals surface area contributed by atoms with E-state index in [2.05, 4.69) is 22.8 Å². The molecule has 0 radical (unpaired) electrons. The summed E-state index contributed by atoms with van der Waals surface area (Å²) in [5, 5.41) is 0. The van der Waals surface area contributed by atoms with Crippen molar-refractivity contribution in [2.24, 2.45) is 0 Å². The van der Waals surface area contributed by atoms with E-state index in [0.717, 1.165) is 25.4 Å². The van der Waals surface area contributed by atoms with Gasteiger partial charge in [0.1, 0.15) is 12.4 Å². The zero-order valence-corrected chi connectivity index (χ0v) is 14.2. The van der Waals surface area contributed by atoms with E-state index < -0.39 is 0 Å². The second-order valence-corrected chi connectivity index (χ2v) is 6.64. The Morgan fingerprint density at radius 1 is 1.26 bits per heavy atom. The Hall–Kier alpha value is -1.55. The van der Waals surface area contributed by atoms with Crippen LogP contribution in [-0.2, 0) is 11.3 Å². The molecule has 0 unspecified atom stereocenters. The SMILES string of the molecule is CCN(C(=O)CN1CCOc2ccccc2C1)C1CCCCC1. The van der Waals surface area contributed by atoms with E-state index in [1.165, 1.54) is 37.7 Å². The van der Waals surface area contributed by atoms with Crippen molar-refractivity contribution in [2.75, 3.05) is 26.2 Å². The van der Waals surface area contributed by atoms with Gasteiger partial charge in [-0.25, -0.2) is 0 Å². The smallest absolute Gasteiger partial charge is 0.237 e. The lowest BCUT2D eigenvalue weighted by molar-refractivity contribution is -0.135. The van der Waals surface area contributed by atoms with Gasteiger partial charge in [-0.05, 0) is 25.8 Å². The highest BCUT2D eigenvalue weighted by atomic mass is 16.5. The Morgan fingerprint density at radius 2 is 2.04 bits per heavy atom. The van der Waals surface area contributed by atoms with Crippen LogP contribution in [0.1, 0.15) is 44.6 Å². The van der Waals surface area contributed by atoms with Crippen molar-refractivity contribution < 1.29 is 9.53 Å². The van der Waals surface area contributed by atoms with Crippen LogP contribution in [0.4, 0.5) is 0 Å². The number of para-hydroxylation sites is 1. The number of fused-ring (bicyclic) bond motifs is 1. The molecular formula is C19H28N2O2. The van der Waals surface area contributed by atoms with Gasteiger partial charge in [0.2, 0.25) is 5.91 Å². The van der Waals surface area contributed by atoms with Gasteiger partial charge in [-0.2, -0.15) is 0 Å². The Kier molecular flexibility index (Phi) is 5.55. The van der Waals surface area contributed by atoms with Gasteiger partial charge in [0.15, 0.2) is 0 Å². The molecule has 4 heteroatoms. The van der Waals surface area contributed by atoms with Gasteiger partial charge in [-0.1, -0.05) is 37.5 Å². The second kappa shape index (κ2) is 7.82. The molecule has 3 rings (SSSR count). The highest BCUT2D eigenvalue weighted by Gasteiger charge is 2.26. The van der Waals surface area contributed by atoms with Crippen molar-refractivity contribution in [1.29, 1.82) is 0 Å². The predicted molar refractivity (Wildman–Crippen MR) is 91.5 cm³/mol. The molecule has 1 aliphatic heterocycles. The molecule has 1 fully saturated rings. The molecule has 0 saturated heterocycles. The Balaban J connectivity index is 1.62. The molecule has 1 aliphatic carbocycles. The Morgan fingerprint density at radius 3 is 2.83 bits per heavy atom. The fraction of sp³-hybridized carbons (Fsp3) is 0.632. The van der Waals surface area contributed by atoms with Crippen LogP contribution in [0.25, 0.3) is 0 Å². The summed E-state index contributed by atoms with van der Waals surface area (Å²) in [4.78, 5) is 17.1. The lowest BCUT2D eigenvalue weighted by atomic mass is 9.94. The van der Waals surface area contributed by atoms with Crippen LogP contribution >= 0.6 is 0 Å². The second-order valence-electron chi connectivity index (χ2n) is 6.64. The number of carbonyl (C=O) groups excluding carboxylic acids is 1. The summed E-state index contributed by atoms with van der Waals surface area (Å²) >= 11 is 0. The fourth-order valence-electron chi connectivity index (χ4n) is 3.83. The quantitative estimate of drug-likeness (QED) is 0.856. The normalized spacial score (nSPS) is 19.5. The predicted octanol–water partition coefficient (Wildman–Crippen LogP) is 3.06. The van der Waals surface area contributed by atoms with E-state index in [9.17, 15) is 4.79 Å². The van der Waals surface area contributed by atoms with Crippen molar-refractivity contribution in [1.82, 2.24) is 9.80 Å². The summed E-state index contributed by atoms with van der Waals surface area (Å²) in [6, 6.07) is 8.60. The van der Waals surface area contributed by atoms with Gasteiger partial charge in [0.25, 0.3) is 0 Å². The number of nitrogens with zero attached hydrogens (tertiary/aromatic N) is 2. The molecule has 2 aliphatic rings. The lowest BCUT2D eigenvalue weighted by Crippen LogP contribution is -2.46. The average Bonchev–Trinajstić information content (AvgIpc) is 2.78. The highest BCUT2D eigenvalue weighted by molar-refractivity contribution is 5.78. The molecule has 1 saturated carbocycles. The molecule has 23 heavy (non-hydrogen) atoms. The first-order chi connectivity index (χ1) is 11.3. The molecule has 0 N–H and O–H groups in total. The molecule has 1 aromatic carbocycles. The van der Waals surface area contributed by atoms with Crippen LogP contribution in [0, 0.1) is 0 Å². The van der Waals surface area contributed by atoms with Gasteiger partial charge in [0.05, 0.1) is 6.54 Å². The lowest BCUT2D eigenvalue weighted by Gasteiger charge is -2.35. The minimum absolute atomic E-state index is 0.277. The van der Waals surface area contributed by atoms with Gasteiger partial charge < -0.3 is 9.64 Å². The third-order valence-corrected chi connectivity index (χ3v) is 5.07. The third kappa shape index (κ3) is 4.05. The summed E-state index contributed by atoms with van der Waals surface area (Å²) in [5.74, 6) is 1.24. The van der Waals surface area contributed by atoms with E-state index >= 15 is 0 Å². The molecule has 0 atom stereocenters. The first-order valence-electron chi connectivity index (χ1n) is 9.00. The molecule has 0 bridgehead atoms. The first-order valence-corrected chi connectivity index (χ1v) is 9.00. The van der Waals surface area contributed by atoms with E-state index in [1.54, 1.807) is 0 Å². The zero-order chi connectivity index (χ0) is 16.1. The molecule has 1 aromatic rings. The number of rotatable bonds is 4. The molecule has 0 spiro atoms. The summed E-state index contributed by atoms with van der Waals surface area (Å²) in [7, 11) is 0. The topological polar surface area (TPSA) is 32.8 Å². The highest BCUT2D eigenvalue weighted by Crippen LogP contribution is 2.24. The van der Waals surface area contributed by atoms with Crippen molar-refractivity contribution >= 4 is 5.91 Å². The first kappa shape index (κ1) is 16.3. The maximum absolute atomic E-state index is 12.8. The Labute approximate surface area is 139 Å². The number of ether oxygens (including phenoxy) is 1. The summed E-state index contributed by atoms with van der Waals surface area (Å²) in [5.41, 5.74) is 1.18. The molecular weight excluding hydrogens is 288 g/mol. The monoisotopic (exact) mass is 316 g/mol. The standard InChI is InChI=1S/C19H28N2O2/c1-2-21(17-9-4-3-5-10-17)19(22)15-20-12-13-23-18-11-7-6-8-16(18)14-20/h6-8,11,17H,2-5,9-10,12-15H2,1H3. The summed E-state index contributed by atoms with van der Waals surface area (Å²) < 4.78 is 5.80. The van der Waals surface area contributed by atoms with E-state index in [1.807, 2.05) is 18.2 Å². The molecule has 126 valence electrons. The largest absolute Gasteiger partial charge is 0.492 e. The number of likely N-dealkylation sites (N-methyl/N-ethyl adjacent to an activating group) is 1. The van der Waals surface area contributed by atoms with E-state index in [4.69, 9.17) is 4.74 Å². The minimum atomic E-state index is 0.277. The number of amides is 1. The van der Waals surface area contributed by atoms with Gasteiger partial charge in [0, 0.05) is 31.2 Å². The number of benzene rings is 1. The third-order valence-electron chi connectivity index (χ3n) is 5.07. The minimum Gasteiger partial charge on any atom is -0.492 e. The van der Waals surface area contributed by atoms with Gasteiger partial charge >= 0.3 is 0 Å². The number of hydrogen-bond donors (Lipinski definition) is 0. The maximum atomic E-state index is 12.8. The maximum Gasteiger partial charge on any atom is 0.237 e. The molecule has 0 aromatic heterocycles. The summed E-state index contributed by atoms with van der Waals surface area (Å²) in [6.45, 7) is 5.69. The summed E-state index contributed by atoms with van der Waals surface area (Å²) in [6.07, 6.45) is 6.19. The number of hydrogen-bond acceptors (Lipinski definition) is 3. The Bertz CT molecular complexity index is 526. The molecule has 1 heterocycles. The van der Waals surface area contributed by atoms with Crippen molar-refractivity contribution in [2.45, 2.75) is 51.6 Å². The van der Waals surface area contributed by atoms with Crippen LogP contribution in [-0.4, -0.2) is 48.0 Å². The van der Waals surface area contributed by atoms with E-state index in [-0.39, 0.29) is 5.91 Å². The van der Waals surface area contributed by atoms with Crippen LogP contribution in [0.5, 0.6) is 5.75 Å². The van der Waals surface area contributed by atoms with Crippen molar-refractivity contribution in [3.05, 3.63) is 29.8 Å². The van der Waals surface area contributed by atoms with Crippen LogP contribution in [0.15, 0.2) is 24.3 Å². The van der Waals surface area contributed by atoms with Crippen molar-refractivity contribution in [3.63, 3.8) is 0 Å². The average molecular weight is 316 g/mol. The van der Waals surface area contributed by atoms with Gasteiger partial charge in [-0.15, -0.1) is 0 Å². The van der Waals surface area contributed by atoms with Crippen molar-refractivity contribution in [3.8, 4) is 5.75 Å². The fourth-order valence-corrected chi connectivity index (χ4v) is 3.83. The van der Waals surface area contributed by atoms with Crippen LogP contribution in [0.2, 0.25) is 0 Å². The van der Waals surface area contributed by atoms with E-state index in [0.29, 0.717) is 19.2 Å². The molecule has 4 nitrogen and oxygen atoms in total. The molecule has 1 amide bonds.